The van der Waals surface area contributed by atoms with Gasteiger partial charge in [0.15, 0.2) is 0 Å². The Bertz CT molecular complexity index is 4310. The Labute approximate surface area is 564 Å². The lowest BCUT2D eigenvalue weighted by Gasteiger charge is -2.51. The minimum absolute atomic E-state index is 0.713. The van der Waals surface area contributed by atoms with Gasteiger partial charge in [-0.05, 0) is 181 Å². The van der Waals surface area contributed by atoms with Crippen LogP contribution in [-0.2, 0) is 12.3 Å². The standard InChI is InChI=1S/C84H72O9Si3/c1-49-13-25-55(26-14-49)61-43-79-67(37-73(61)85-7)68-38-74(86-8)62(56-27-15-50(2)16-28-56)44-80(68)94(79)91-95(81-45-63(57-29-17-51(3)18-30-57)75(87-9)39-69(81)70-40-76(88-10)64(46-82(70)95)58-31-19-52(4)20-32-58)93-96(92-94)83-47-65(59-33-21-53(5)22-34-59)77(89-11)41-71(83)72-42-78(90-12)66(48-84(72)96)60-35-23-54(6)24-36-60/h13-48H,1-12H3. The van der Waals surface area contributed by atoms with Crippen LogP contribution in [0.15, 0.2) is 218 Å². The van der Waals surface area contributed by atoms with Crippen molar-refractivity contribution in [2.24, 2.45) is 0 Å². The summed E-state index contributed by atoms with van der Waals surface area (Å²) in [6, 6.07) is 79.2. The molecule has 0 N–H and O–H groups in total. The van der Waals surface area contributed by atoms with Gasteiger partial charge >= 0.3 is 25.7 Å². The molecule has 4 aliphatic rings. The molecule has 12 heteroatoms. The summed E-state index contributed by atoms with van der Waals surface area (Å²) in [6.45, 7) is 12.7. The quantitative estimate of drug-likeness (QED) is 0.111. The van der Waals surface area contributed by atoms with Crippen LogP contribution in [0, 0.1) is 41.5 Å². The molecule has 9 nitrogen and oxygen atoms in total. The number of hydrogen-bond donors (Lipinski definition) is 0. The van der Waals surface area contributed by atoms with Crippen LogP contribution in [0.1, 0.15) is 33.4 Å². The Morgan fingerprint density at radius 3 is 0.448 bits per heavy atom. The number of benzene rings is 12. The molecular formula is C84H72O9Si3. The predicted molar refractivity (Wildman–Crippen MR) is 394 cm³/mol. The highest BCUT2D eigenvalue weighted by Gasteiger charge is 2.73. The fraction of sp³-hybridized carbons (Fsp3) is 0.143. The lowest BCUT2D eigenvalue weighted by molar-refractivity contribution is 0.270. The third-order valence-electron chi connectivity index (χ3n) is 20.1. The molecule has 16 rings (SSSR count). The number of aryl methyl sites for hydroxylation is 6. The van der Waals surface area contributed by atoms with Gasteiger partial charge < -0.3 is 40.8 Å². The molecule has 3 spiro atoms. The Morgan fingerprint density at radius 2 is 0.323 bits per heavy atom. The molecule has 12 aromatic carbocycles. The maximum absolute atomic E-state index is 9.14. The van der Waals surface area contributed by atoms with Crippen LogP contribution in [0.2, 0.25) is 0 Å². The molecule has 1 saturated heterocycles. The minimum Gasteiger partial charge on any atom is -0.496 e. The van der Waals surface area contributed by atoms with Crippen LogP contribution in [0.3, 0.4) is 0 Å². The van der Waals surface area contributed by atoms with Crippen LogP contribution in [0.4, 0.5) is 0 Å². The van der Waals surface area contributed by atoms with Crippen molar-refractivity contribution >= 4 is 56.8 Å². The van der Waals surface area contributed by atoms with E-state index in [4.69, 9.17) is 40.8 Å². The molecule has 4 aliphatic heterocycles. The zero-order valence-corrected chi connectivity index (χ0v) is 59.0. The third kappa shape index (κ3) is 9.40. The van der Waals surface area contributed by atoms with Gasteiger partial charge in [0.2, 0.25) is 0 Å². The molecule has 0 atom stereocenters. The first kappa shape index (κ1) is 60.9. The molecule has 0 amide bonds. The van der Waals surface area contributed by atoms with Crippen LogP contribution >= 0.6 is 0 Å². The molecule has 0 unspecified atom stereocenters. The fourth-order valence-corrected chi connectivity index (χ4v) is 33.0. The van der Waals surface area contributed by atoms with E-state index in [2.05, 4.69) is 260 Å². The van der Waals surface area contributed by atoms with E-state index in [0.29, 0.717) is 34.5 Å². The van der Waals surface area contributed by atoms with Crippen molar-refractivity contribution in [3.63, 3.8) is 0 Å². The topological polar surface area (TPSA) is 83.1 Å². The van der Waals surface area contributed by atoms with E-state index in [9.17, 15) is 0 Å². The Hall–Kier alpha value is -10.0. The van der Waals surface area contributed by atoms with Gasteiger partial charge in [-0.2, -0.15) is 0 Å². The number of rotatable bonds is 12. The highest BCUT2D eigenvalue weighted by Crippen LogP contribution is 2.52. The molecule has 0 radical (unpaired) electrons. The zero-order valence-electron chi connectivity index (χ0n) is 56.0. The Balaban J connectivity index is 1.13. The summed E-state index contributed by atoms with van der Waals surface area (Å²) in [6.07, 6.45) is 0. The molecule has 12 aromatic rings. The van der Waals surface area contributed by atoms with Gasteiger partial charge in [-0.15, -0.1) is 0 Å². The van der Waals surface area contributed by atoms with Crippen LogP contribution in [0.5, 0.6) is 34.5 Å². The minimum atomic E-state index is -4.47. The lowest BCUT2D eigenvalue weighted by Crippen LogP contribution is -2.86. The molecule has 96 heavy (non-hydrogen) atoms. The zero-order chi connectivity index (χ0) is 66.1. The first-order valence-corrected chi connectivity index (χ1v) is 38.0. The Morgan fingerprint density at radius 1 is 0.188 bits per heavy atom. The molecule has 4 heterocycles. The number of ether oxygens (including phenoxy) is 6. The second kappa shape index (κ2) is 23.1. The van der Waals surface area contributed by atoms with Crippen molar-refractivity contribution in [3.05, 3.63) is 252 Å². The van der Waals surface area contributed by atoms with Gasteiger partial charge in [-0.25, -0.2) is 0 Å². The Kier molecular flexibility index (Phi) is 14.7. The molecule has 0 aliphatic carbocycles. The van der Waals surface area contributed by atoms with Gasteiger partial charge in [-0.1, -0.05) is 179 Å². The first-order valence-electron chi connectivity index (χ1n) is 32.5. The summed E-state index contributed by atoms with van der Waals surface area (Å²) < 4.78 is 66.8. The maximum Gasteiger partial charge on any atom is 0.391 e. The largest absolute Gasteiger partial charge is 0.496 e. The number of fused-ring (bicyclic) bond motifs is 15. The van der Waals surface area contributed by atoms with Gasteiger partial charge in [0.25, 0.3) is 0 Å². The molecule has 474 valence electrons. The summed E-state index contributed by atoms with van der Waals surface area (Å²) >= 11 is 0. The van der Waals surface area contributed by atoms with Gasteiger partial charge in [0.1, 0.15) is 34.5 Å². The number of hydrogen-bond acceptors (Lipinski definition) is 9. The van der Waals surface area contributed by atoms with E-state index >= 15 is 0 Å². The number of methoxy groups -OCH3 is 6. The van der Waals surface area contributed by atoms with Crippen LogP contribution < -0.4 is 59.5 Å². The van der Waals surface area contributed by atoms with Crippen molar-refractivity contribution in [2.75, 3.05) is 42.7 Å². The summed E-state index contributed by atoms with van der Waals surface area (Å²) in [5.41, 5.74) is 23.8. The second-order valence-corrected chi connectivity index (χ2v) is 35.3. The van der Waals surface area contributed by atoms with E-state index in [-0.39, 0.29) is 0 Å². The highest BCUT2D eigenvalue weighted by atomic mass is 28.5. The molecule has 0 saturated carbocycles. The van der Waals surface area contributed by atoms with Gasteiger partial charge in [0.05, 0.1) is 42.7 Å². The molecule has 0 bridgehead atoms. The molecule has 1 fully saturated rings. The summed E-state index contributed by atoms with van der Waals surface area (Å²) in [4.78, 5) is 0. The maximum atomic E-state index is 9.14. The molecule has 0 aromatic heterocycles. The lowest BCUT2D eigenvalue weighted by atomic mass is 9.96. The van der Waals surface area contributed by atoms with Gasteiger partial charge in [-0.3, -0.25) is 0 Å². The van der Waals surface area contributed by atoms with Crippen molar-refractivity contribution in [1.82, 2.24) is 0 Å². The first-order chi connectivity index (χ1) is 46.6. The van der Waals surface area contributed by atoms with Crippen molar-refractivity contribution in [2.45, 2.75) is 41.5 Å². The predicted octanol–water partition coefficient (Wildman–Crippen LogP) is 15.7. The van der Waals surface area contributed by atoms with E-state index in [1.807, 2.05) is 0 Å². The summed E-state index contributed by atoms with van der Waals surface area (Å²) in [5.74, 6) is 4.28. The van der Waals surface area contributed by atoms with Gasteiger partial charge in [0, 0.05) is 64.5 Å². The highest BCUT2D eigenvalue weighted by molar-refractivity contribution is 7.19. The van der Waals surface area contributed by atoms with Crippen molar-refractivity contribution < 1.29 is 40.8 Å². The monoisotopic (exact) mass is 1310 g/mol. The average molecular weight is 1310 g/mol. The van der Waals surface area contributed by atoms with E-state index in [1.54, 1.807) is 42.7 Å². The van der Waals surface area contributed by atoms with Crippen molar-refractivity contribution in [1.29, 1.82) is 0 Å². The second-order valence-electron chi connectivity index (χ2n) is 25.9. The fourth-order valence-electron chi connectivity index (χ4n) is 15.0. The van der Waals surface area contributed by atoms with Crippen LogP contribution in [-0.4, -0.2) is 68.3 Å². The van der Waals surface area contributed by atoms with E-state index in [0.717, 1.165) is 165 Å². The van der Waals surface area contributed by atoms with E-state index < -0.39 is 25.7 Å². The average Bonchev–Trinajstić information content (AvgIpc) is 1.48. The summed E-state index contributed by atoms with van der Waals surface area (Å²) in [7, 11) is -2.88. The molecular weight excluding hydrogens is 1240 g/mol. The summed E-state index contributed by atoms with van der Waals surface area (Å²) in [5, 5.41) is 5.60. The van der Waals surface area contributed by atoms with E-state index in [1.165, 1.54) is 0 Å². The normalized spacial score (nSPS) is 14.4. The SMILES string of the molecule is COc1cc2c(cc1-c1ccc(C)cc1)[Si]1(O[Si]3(O[Si]4(O1)c1cc(-c5ccc(C)cc5)c(OC)cc1-c1cc(OC)c(-c5ccc(C)cc5)cc14)c1cc(-c4ccc(C)cc4)c(OC)cc1-c1cc(OC)c(-c4ccc(C)cc4)cc13)c1cc(-c3ccc(C)cc3)c(OC)cc1-2. The van der Waals surface area contributed by atoms with Crippen LogP contribution in [0.25, 0.3) is 100 Å². The smallest absolute Gasteiger partial charge is 0.391 e. The van der Waals surface area contributed by atoms with Crippen molar-refractivity contribution in [3.8, 4) is 135 Å². The third-order valence-corrected chi connectivity index (χ3v) is 33.7.